The fourth-order valence-electron chi connectivity index (χ4n) is 4.28. The first-order valence-corrected chi connectivity index (χ1v) is 14.8. The Labute approximate surface area is 237 Å². The molecule has 1 amide bonds. The van der Waals surface area contributed by atoms with Crippen LogP contribution in [-0.2, 0) is 14.8 Å². The number of aromatic nitrogens is 1. The van der Waals surface area contributed by atoms with Crippen LogP contribution >= 0.6 is 15.9 Å². The lowest BCUT2D eigenvalue weighted by molar-refractivity contribution is -0.121. The van der Waals surface area contributed by atoms with E-state index < -0.39 is 22.0 Å². The van der Waals surface area contributed by atoms with Crippen molar-refractivity contribution in [2.75, 3.05) is 10.6 Å². The Bertz CT molecular complexity index is 1600. The second-order valence-electron chi connectivity index (χ2n) is 9.02. The number of hydrogen-bond donors (Lipinski definition) is 1. The standard InChI is InChI=1S/C29H29BrN4O4S/c1-20-17-23(21(2)33(20)26-10-8-9-24(30)18-26)19-31-32-29(35)22(3)34(39(4,36)37)25-13-15-28(16-14-25)38-27-11-6-5-7-12-27/h5-19,22H,1-4H3,(H,32,35)/b31-19-/t22-/m1/s1. The Hall–Kier alpha value is -3.89. The van der Waals surface area contributed by atoms with Crippen molar-refractivity contribution in [1.82, 2.24) is 9.99 Å². The summed E-state index contributed by atoms with van der Waals surface area (Å²) in [5.74, 6) is 0.635. The predicted octanol–water partition coefficient (Wildman–Crippen LogP) is 5.95. The van der Waals surface area contributed by atoms with Gasteiger partial charge in [0.05, 0.1) is 18.2 Å². The van der Waals surface area contributed by atoms with Crippen LogP contribution in [0, 0.1) is 13.8 Å². The van der Waals surface area contributed by atoms with E-state index in [0.29, 0.717) is 17.2 Å². The molecule has 0 bridgehead atoms. The number of anilines is 1. The quantitative estimate of drug-likeness (QED) is 0.188. The molecule has 0 aliphatic rings. The van der Waals surface area contributed by atoms with Crippen LogP contribution in [0.1, 0.15) is 23.9 Å². The van der Waals surface area contributed by atoms with Crippen molar-refractivity contribution < 1.29 is 17.9 Å². The van der Waals surface area contributed by atoms with Gasteiger partial charge in [-0.15, -0.1) is 0 Å². The molecule has 0 aliphatic heterocycles. The van der Waals surface area contributed by atoms with Crippen LogP contribution in [0.2, 0.25) is 0 Å². The molecule has 1 N–H and O–H groups in total. The van der Waals surface area contributed by atoms with Crippen molar-refractivity contribution in [2.24, 2.45) is 5.10 Å². The van der Waals surface area contributed by atoms with Crippen molar-refractivity contribution in [2.45, 2.75) is 26.8 Å². The summed E-state index contributed by atoms with van der Waals surface area (Å²) in [5.41, 5.74) is 6.61. The second kappa shape index (κ2) is 11.9. The largest absolute Gasteiger partial charge is 0.457 e. The van der Waals surface area contributed by atoms with Crippen molar-refractivity contribution in [3.8, 4) is 17.2 Å². The number of halogens is 1. The van der Waals surface area contributed by atoms with E-state index in [1.54, 1.807) is 30.5 Å². The lowest BCUT2D eigenvalue weighted by Gasteiger charge is -2.27. The van der Waals surface area contributed by atoms with Gasteiger partial charge in [-0.1, -0.05) is 40.2 Å². The highest BCUT2D eigenvalue weighted by atomic mass is 79.9. The molecule has 3 aromatic carbocycles. The van der Waals surface area contributed by atoms with E-state index in [1.165, 1.54) is 6.92 Å². The van der Waals surface area contributed by atoms with Crippen LogP contribution < -0.4 is 14.5 Å². The molecule has 1 atom stereocenters. The van der Waals surface area contributed by atoms with Gasteiger partial charge in [0.25, 0.3) is 5.91 Å². The number of sulfonamides is 1. The summed E-state index contributed by atoms with van der Waals surface area (Å²) in [4.78, 5) is 13.0. The van der Waals surface area contributed by atoms with Gasteiger partial charge in [-0.2, -0.15) is 5.10 Å². The van der Waals surface area contributed by atoms with Crippen molar-refractivity contribution >= 4 is 43.8 Å². The van der Waals surface area contributed by atoms with Crippen LogP contribution in [0.15, 0.2) is 94.5 Å². The second-order valence-corrected chi connectivity index (χ2v) is 11.8. The molecule has 1 aromatic heterocycles. The SMILES string of the molecule is Cc1cc(/C=N\NC(=O)[C@@H](C)N(c2ccc(Oc3ccccc3)cc2)S(C)(=O)=O)c(C)n1-c1cccc(Br)c1. The number of rotatable bonds is 9. The summed E-state index contributed by atoms with van der Waals surface area (Å²) < 4.78 is 35.2. The lowest BCUT2D eigenvalue weighted by atomic mass is 10.2. The fourth-order valence-corrected chi connectivity index (χ4v) is 5.85. The first-order valence-electron chi connectivity index (χ1n) is 12.1. The van der Waals surface area contributed by atoms with Crippen LogP contribution in [0.25, 0.3) is 5.69 Å². The van der Waals surface area contributed by atoms with Crippen LogP contribution in [0.4, 0.5) is 5.69 Å². The molecule has 8 nitrogen and oxygen atoms in total. The minimum atomic E-state index is -3.78. The van der Waals surface area contributed by atoms with Gasteiger partial charge in [-0.3, -0.25) is 9.10 Å². The van der Waals surface area contributed by atoms with Crippen molar-refractivity contribution in [3.05, 3.63) is 106 Å². The number of carbonyl (C=O) groups excluding carboxylic acids is 1. The van der Waals surface area contributed by atoms with Gasteiger partial charge in [0.15, 0.2) is 0 Å². The summed E-state index contributed by atoms with van der Waals surface area (Å²) in [7, 11) is -3.78. The molecule has 10 heteroatoms. The van der Waals surface area contributed by atoms with Crippen LogP contribution in [-0.4, -0.2) is 37.4 Å². The van der Waals surface area contributed by atoms with Gasteiger partial charge in [0.1, 0.15) is 17.5 Å². The highest BCUT2D eigenvalue weighted by Crippen LogP contribution is 2.27. The maximum Gasteiger partial charge on any atom is 0.263 e. The summed E-state index contributed by atoms with van der Waals surface area (Å²) in [6, 6.07) is 24.6. The van der Waals surface area contributed by atoms with E-state index in [2.05, 4.69) is 31.0 Å². The monoisotopic (exact) mass is 608 g/mol. The Kier molecular flexibility index (Phi) is 8.57. The minimum absolute atomic E-state index is 0.335. The fraction of sp³-hybridized carbons (Fsp3) is 0.172. The van der Waals surface area contributed by atoms with Crippen LogP contribution in [0.5, 0.6) is 11.5 Å². The molecule has 4 aromatic rings. The molecule has 0 aliphatic carbocycles. The van der Waals surface area contributed by atoms with E-state index in [1.807, 2.05) is 74.5 Å². The molecule has 202 valence electrons. The van der Waals surface area contributed by atoms with E-state index >= 15 is 0 Å². The third-order valence-corrected chi connectivity index (χ3v) is 7.81. The van der Waals surface area contributed by atoms with Gasteiger partial charge >= 0.3 is 0 Å². The molecule has 0 radical (unpaired) electrons. The summed E-state index contributed by atoms with van der Waals surface area (Å²) in [6.45, 7) is 5.47. The Morgan fingerprint density at radius 2 is 1.67 bits per heavy atom. The van der Waals surface area contributed by atoms with Crippen molar-refractivity contribution in [1.29, 1.82) is 0 Å². The normalized spacial score (nSPS) is 12.3. The Balaban J connectivity index is 1.48. The first kappa shape index (κ1) is 28.1. The Morgan fingerprint density at radius 3 is 2.31 bits per heavy atom. The highest BCUT2D eigenvalue weighted by Gasteiger charge is 2.29. The zero-order valence-corrected chi connectivity index (χ0v) is 24.4. The molecule has 39 heavy (non-hydrogen) atoms. The molecule has 1 heterocycles. The number of nitrogens with one attached hydrogen (secondary N) is 1. The maximum absolute atomic E-state index is 13.0. The third kappa shape index (κ3) is 6.76. The van der Waals surface area contributed by atoms with Gasteiger partial charge in [-0.25, -0.2) is 13.8 Å². The molecule has 0 saturated carbocycles. The molecular weight excluding hydrogens is 580 g/mol. The molecule has 0 unspecified atom stereocenters. The average Bonchev–Trinajstić information content (AvgIpc) is 3.17. The molecule has 0 spiro atoms. The third-order valence-electron chi connectivity index (χ3n) is 6.07. The summed E-state index contributed by atoms with van der Waals surface area (Å²) in [6.07, 6.45) is 2.62. The minimum Gasteiger partial charge on any atom is -0.457 e. The topological polar surface area (TPSA) is 93.0 Å². The zero-order chi connectivity index (χ0) is 28.2. The number of ether oxygens (including phenoxy) is 1. The Morgan fingerprint density at radius 1 is 1.00 bits per heavy atom. The number of amides is 1. The van der Waals surface area contributed by atoms with Gasteiger partial charge in [-0.05, 0) is 81.4 Å². The van der Waals surface area contributed by atoms with E-state index in [0.717, 1.165) is 37.7 Å². The van der Waals surface area contributed by atoms with E-state index in [-0.39, 0.29) is 0 Å². The smallest absolute Gasteiger partial charge is 0.263 e. The number of aryl methyl sites for hydroxylation is 1. The number of hydrazone groups is 1. The lowest BCUT2D eigenvalue weighted by Crippen LogP contribution is -2.46. The van der Waals surface area contributed by atoms with E-state index in [4.69, 9.17) is 4.74 Å². The number of nitrogens with zero attached hydrogens (tertiary/aromatic N) is 3. The van der Waals surface area contributed by atoms with Gasteiger partial charge in [0, 0.05) is 27.1 Å². The molecule has 4 rings (SSSR count). The van der Waals surface area contributed by atoms with Gasteiger partial charge in [0.2, 0.25) is 10.0 Å². The number of hydrogen-bond acceptors (Lipinski definition) is 5. The summed E-state index contributed by atoms with van der Waals surface area (Å²) >= 11 is 3.51. The maximum atomic E-state index is 13.0. The van der Waals surface area contributed by atoms with Gasteiger partial charge < -0.3 is 9.30 Å². The first-order chi connectivity index (χ1) is 18.5. The molecular formula is C29H29BrN4O4S. The highest BCUT2D eigenvalue weighted by molar-refractivity contribution is 9.10. The van der Waals surface area contributed by atoms with E-state index in [9.17, 15) is 13.2 Å². The number of para-hydroxylation sites is 1. The number of benzene rings is 3. The zero-order valence-electron chi connectivity index (χ0n) is 22.0. The van der Waals surface area contributed by atoms with Crippen molar-refractivity contribution in [3.63, 3.8) is 0 Å². The average molecular weight is 610 g/mol. The summed E-state index contributed by atoms with van der Waals surface area (Å²) in [5, 5.41) is 4.12. The molecule has 0 saturated heterocycles. The predicted molar refractivity (Wildman–Crippen MR) is 158 cm³/mol. The van der Waals surface area contributed by atoms with Crippen LogP contribution in [0.3, 0.4) is 0 Å². The number of carbonyl (C=O) groups is 1. The molecule has 0 fully saturated rings.